The normalized spacial score (nSPS) is 18.4. The van der Waals surface area contributed by atoms with E-state index in [0.29, 0.717) is 12.5 Å². The lowest BCUT2D eigenvalue weighted by atomic mass is 9.84. The summed E-state index contributed by atoms with van der Waals surface area (Å²) in [6.07, 6.45) is 5.70. The molecule has 138 valence electrons. The van der Waals surface area contributed by atoms with Crippen LogP contribution in [0.5, 0.6) is 0 Å². The molecule has 2 unspecified atom stereocenters. The molecule has 1 heterocycles. The minimum atomic E-state index is -3.65. The first-order chi connectivity index (χ1) is 10.9. The molecule has 6 nitrogen and oxygen atoms in total. The van der Waals surface area contributed by atoms with Crippen molar-refractivity contribution in [3.05, 3.63) is 17.5 Å². The first kappa shape index (κ1) is 21.4. The van der Waals surface area contributed by atoms with Crippen LogP contribution in [0.1, 0.15) is 39.0 Å². The van der Waals surface area contributed by atoms with Crippen LogP contribution >= 0.6 is 23.7 Å². The Morgan fingerprint density at radius 3 is 2.58 bits per heavy atom. The topological polar surface area (TPSA) is 101 Å². The first-order valence-electron chi connectivity index (χ1n) is 8.00. The zero-order valence-corrected chi connectivity index (χ0v) is 16.2. The van der Waals surface area contributed by atoms with E-state index in [-0.39, 0.29) is 28.6 Å². The number of nitrogens with one attached hydrogen (secondary N) is 2. The SMILES string of the molecule is CC(NS(=O)(=O)c1cccs1)C(=O)NC(CN)C1CCCCC1.Cl. The second kappa shape index (κ2) is 9.72. The predicted molar refractivity (Wildman–Crippen MR) is 98.9 cm³/mol. The number of sulfonamides is 1. The Morgan fingerprint density at radius 2 is 2.04 bits per heavy atom. The van der Waals surface area contributed by atoms with Crippen LogP contribution in [0, 0.1) is 5.92 Å². The monoisotopic (exact) mass is 395 g/mol. The van der Waals surface area contributed by atoms with Crippen LogP contribution in [0.25, 0.3) is 0 Å². The Labute approximate surface area is 154 Å². The van der Waals surface area contributed by atoms with E-state index >= 15 is 0 Å². The molecule has 0 aromatic carbocycles. The Bertz CT molecular complexity index is 601. The lowest BCUT2D eigenvalue weighted by molar-refractivity contribution is -0.123. The van der Waals surface area contributed by atoms with Crippen LogP contribution in [0.2, 0.25) is 0 Å². The summed E-state index contributed by atoms with van der Waals surface area (Å²) in [7, 11) is -3.65. The van der Waals surface area contributed by atoms with Gasteiger partial charge in [-0.3, -0.25) is 4.79 Å². The number of thiophene rings is 1. The van der Waals surface area contributed by atoms with Crippen LogP contribution in [0.4, 0.5) is 0 Å². The van der Waals surface area contributed by atoms with Gasteiger partial charge in [-0.15, -0.1) is 23.7 Å². The van der Waals surface area contributed by atoms with Crippen molar-refractivity contribution in [3.8, 4) is 0 Å². The second-order valence-corrected chi connectivity index (χ2v) is 8.91. The molecule has 2 atom stereocenters. The summed E-state index contributed by atoms with van der Waals surface area (Å²) in [6.45, 7) is 1.93. The largest absolute Gasteiger partial charge is 0.350 e. The summed E-state index contributed by atoms with van der Waals surface area (Å²) in [5.74, 6) is 0.0601. The molecular weight excluding hydrogens is 370 g/mol. The van der Waals surface area contributed by atoms with Gasteiger partial charge < -0.3 is 11.1 Å². The standard InChI is InChI=1S/C15H25N3O3S2.ClH/c1-11(18-23(20,21)14-8-5-9-22-14)15(19)17-13(10-16)12-6-3-2-4-7-12;/h5,8-9,11-13,18H,2-4,6-7,10,16H2,1H3,(H,17,19);1H. The summed E-state index contributed by atoms with van der Waals surface area (Å²) in [5, 5.41) is 4.60. The highest BCUT2D eigenvalue weighted by Crippen LogP contribution is 2.26. The number of rotatable bonds is 7. The molecule has 0 bridgehead atoms. The molecule has 9 heteroatoms. The fourth-order valence-electron chi connectivity index (χ4n) is 2.97. The average Bonchev–Trinajstić information content (AvgIpc) is 3.08. The van der Waals surface area contributed by atoms with Crippen LogP contribution in [-0.2, 0) is 14.8 Å². The summed E-state index contributed by atoms with van der Waals surface area (Å²) in [4.78, 5) is 12.3. The quantitative estimate of drug-likeness (QED) is 0.655. The number of carbonyl (C=O) groups excluding carboxylic acids is 1. The van der Waals surface area contributed by atoms with Crippen LogP contribution in [0.15, 0.2) is 21.7 Å². The van der Waals surface area contributed by atoms with Gasteiger partial charge in [0.05, 0.1) is 6.04 Å². The summed E-state index contributed by atoms with van der Waals surface area (Å²) in [6, 6.07) is 2.26. The van der Waals surface area contributed by atoms with Gasteiger partial charge >= 0.3 is 0 Å². The maximum atomic E-state index is 12.3. The fraction of sp³-hybridized carbons (Fsp3) is 0.667. The van der Waals surface area contributed by atoms with Gasteiger partial charge in [-0.2, -0.15) is 4.72 Å². The van der Waals surface area contributed by atoms with E-state index in [9.17, 15) is 13.2 Å². The highest BCUT2D eigenvalue weighted by Gasteiger charge is 2.28. The van der Waals surface area contributed by atoms with Crippen molar-refractivity contribution in [2.45, 2.75) is 55.3 Å². The van der Waals surface area contributed by atoms with Crippen molar-refractivity contribution in [2.24, 2.45) is 11.7 Å². The molecule has 1 aromatic heterocycles. The van der Waals surface area contributed by atoms with Gasteiger partial charge in [-0.05, 0) is 37.1 Å². The molecular formula is C15H26ClN3O3S2. The molecule has 2 rings (SSSR count). The molecule has 1 aromatic rings. The molecule has 1 amide bonds. The third-order valence-electron chi connectivity index (χ3n) is 4.29. The predicted octanol–water partition coefficient (Wildman–Crippen LogP) is 1.86. The Morgan fingerprint density at radius 1 is 1.38 bits per heavy atom. The van der Waals surface area contributed by atoms with Gasteiger partial charge in [0.1, 0.15) is 4.21 Å². The lowest BCUT2D eigenvalue weighted by Crippen LogP contribution is -2.52. The molecule has 24 heavy (non-hydrogen) atoms. The number of hydrogen-bond donors (Lipinski definition) is 3. The average molecular weight is 396 g/mol. The van der Waals surface area contributed by atoms with E-state index in [0.717, 1.165) is 37.0 Å². The third kappa shape index (κ3) is 5.70. The van der Waals surface area contributed by atoms with Crippen LogP contribution in [-0.4, -0.2) is 33.0 Å². The third-order valence-corrected chi connectivity index (χ3v) is 7.22. The van der Waals surface area contributed by atoms with E-state index < -0.39 is 16.1 Å². The Balaban J connectivity index is 0.00000288. The van der Waals surface area contributed by atoms with E-state index in [4.69, 9.17) is 5.73 Å². The molecule has 0 radical (unpaired) electrons. The number of amides is 1. The zero-order valence-electron chi connectivity index (χ0n) is 13.7. The van der Waals surface area contributed by atoms with Crippen molar-refractivity contribution in [3.63, 3.8) is 0 Å². The van der Waals surface area contributed by atoms with E-state index in [1.165, 1.54) is 12.5 Å². The molecule has 1 aliphatic carbocycles. The molecule has 0 spiro atoms. The van der Waals surface area contributed by atoms with Crippen molar-refractivity contribution in [2.75, 3.05) is 6.54 Å². The number of carbonyl (C=O) groups is 1. The second-order valence-electron chi connectivity index (χ2n) is 6.02. The van der Waals surface area contributed by atoms with Gasteiger partial charge in [-0.1, -0.05) is 25.3 Å². The number of hydrogen-bond acceptors (Lipinski definition) is 5. The van der Waals surface area contributed by atoms with Crippen molar-refractivity contribution in [1.82, 2.24) is 10.0 Å². The van der Waals surface area contributed by atoms with Gasteiger partial charge in [0.25, 0.3) is 10.0 Å². The molecule has 4 N–H and O–H groups in total. The molecule has 0 saturated heterocycles. The molecule has 1 aliphatic rings. The smallest absolute Gasteiger partial charge is 0.250 e. The van der Waals surface area contributed by atoms with Gasteiger partial charge in [-0.25, -0.2) is 8.42 Å². The Hall–Kier alpha value is -0.670. The van der Waals surface area contributed by atoms with Gasteiger partial charge in [0.15, 0.2) is 0 Å². The van der Waals surface area contributed by atoms with Crippen LogP contribution < -0.4 is 15.8 Å². The fourth-order valence-corrected chi connectivity index (χ4v) is 5.19. The summed E-state index contributed by atoms with van der Waals surface area (Å²) < 4.78 is 26.9. The number of nitrogens with two attached hydrogens (primary N) is 1. The minimum absolute atomic E-state index is 0. The molecule has 1 fully saturated rings. The van der Waals surface area contributed by atoms with Gasteiger partial charge in [0.2, 0.25) is 5.91 Å². The maximum absolute atomic E-state index is 12.3. The maximum Gasteiger partial charge on any atom is 0.250 e. The summed E-state index contributed by atoms with van der Waals surface area (Å²) >= 11 is 1.12. The van der Waals surface area contributed by atoms with E-state index in [1.807, 2.05) is 0 Å². The Kier molecular flexibility index (Phi) is 8.66. The van der Waals surface area contributed by atoms with Crippen molar-refractivity contribution in [1.29, 1.82) is 0 Å². The zero-order chi connectivity index (χ0) is 16.9. The van der Waals surface area contributed by atoms with E-state index in [2.05, 4.69) is 10.0 Å². The minimum Gasteiger partial charge on any atom is -0.350 e. The molecule has 0 aliphatic heterocycles. The van der Waals surface area contributed by atoms with Crippen molar-refractivity contribution < 1.29 is 13.2 Å². The summed E-state index contributed by atoms with van der Waals surface area (Å²) in [5.41, 5.74) is 5.80. The van der Waals surface area contributed by atoms with Crippen molar-refractivity contribution >= 4 is 39.7 Å². The highest BCUT2D eigenvalue weighted by atomic mass is 35.5. The van der Waals surface area contributed by atoms with Gasteiger partial charge in [0, 0.05) is 12.6 Å². The lowest BCUT2D eigenvalue weighted by Gasteiger charge is -2.30. The number of halogens is 1. The van der Waals surface area contributed by atoms with Crippen LogP contribution in [0.3, 0.4) is 0 Å². The first-order valence-corrected chi connectivity index (χ1v) is 10.4. The van der Waals surface area contributed by atoms with E-state index in [1.54, 1.807) is 18.4 Å². The highest BCUT2D eigenvalue weighted by molar-refractivity contribution is 7.91. The molecule has 1 saturated carbocycles.